The molecule has 1 aromatic rings. The summed E-state index contributed by atoms with van der Waals surface area (Å²) in [5, 5.41) is 2.69. The fourth-order valence-corrected chi connectivity index (χ4v) is 1.25. The number of alkyl halides is 1. The van der Waals surface area contributed by atoms with Gasteiger partial charge in [0.25, 0.3) is 0 Å². The number of rotatable bonds is 5. The number of carbonyl (C=O) groups excluding carboxylic acids is 1. The molecule has 0 heterocycles. The van der Waals surface area contributed by atoms with Crippen LogP contribution in [-0.4, -0.2) is 18.4 Å². The summed E-state index contributed by atoms with van der Waals surface area (Å²) < 4.78 is 5.34. The zero-order valence-electron chi connectivity index (χ0n) is 8.63. The normalized spacial score (nSPS) is 9.73. The third-order valence-corrected chi connectivity index (χ3v) is 2.06. The van der Waals surface area contributed by atoms with Crippen LogP contribution in [0.1, 0.15) is 12.5 Å². The molecule has 0 atom stereocenters. The van der Waals surface area contributed by atoms with Crippen molar-refractivity contribution < 1.29 is 9.53 Å². The van der Waals surface area contributed by atoms with Crippen molar-refractivity contribution in [1.29, 1.82) is 0 Å². The number of hydrogen-bond acceptors (Lipinski definition) is 2. The Labute approximate surface area is 94.4 Å². The second-order valence-corrected chi connectivity index (χ2v) is 3.26. The van der Waals surface area contributed by atoms with E-state index in [2.05, 4.69) is 5.32 Å². The number of hydrogen-bond donors (Lipinski definition) is 1. The SMILES string of the molecule is CCOc1cccc(CNC(=O)CCl)c1. The van der Waals surface area contributed by atoms with Crippen LogP contribution in [0.5, 0.6) is 5.75 Å². The van der Waals surface area contributed by atoms with E-state index in [-0.39, 0.29) is 11.8 Å². The van der Waals surface area contributed by atoms with Gasteiger partial charge in [-0.25, -0.2) is 0 Å². The summed E-state index contributed by atoms with van der Waals surface area (Å²) >= 11 is 5.36. The molecule has 1 N–H and O–H groups in total. The Balaban J connectivity index is 2.53. The first kappa shape index (κ1) is 11.9. The molecule has 1 aromatic carbocycles. The molecular formula is C11H14ClNO2. The summed E-state index contributed by atoms with van der Waals surface area (Å²) in [5.41, 5.74) is 0.999. The van der Waals surface area contributed by atoms with E-state index in [1.807, 2.05) is 31.2 Å². The standard InChI is InChI=1S/C11H14ClNO2/c1-2-15-10-5-3-4-9(6-10)8-13-11(14)7-12/h3-6H,2,7-8H2,1H3,(H,13,14). The third-order valence-electron chi connectivity index (χ3n) is 1.82. The Morgan fingerprint density at radius 2 is 2.33 bits per heavy atom. The van der Waals surface area contributed by atoms with Crippen molar-refractivity contribution in [2.24, 2.45) is 0 Å². The average Bonchev–Trinajstić information content (AvgIpc) is 2.27. The van der Waals surface area contributed by atoms with Crippen LogP contribution in [-0.2, 0) is 11.3 Å². The predicted octanol–water partition coefficient (Wildman–Crippen LogP) is 1.94. The van der Waals surface area contributed by atoms with Gasteiger partial charge >= 0.3 is 0 Å². The summed E-state index contributed by atoms with van der Waals surface area (Å²) in [6, 6.07) is 7.61. The molecule has 0 aliphatic rings. The quantitative estimate of drug-likeness (QED) is 0.781. The highest BCUT2D eigenvalue weighted by molar-refractivity contribution is 6.27. The first-order valence-electron chi connectivity index (χ1n) is 4.80. The van der Waals surface area contributed by atoms with Crippen molar-refractivity contribution in [3.63, 3.8) is 0 Å². The maximum absolute atomic E-state index is 10.9. The molecule has 0 bridgehead atoms. The molecule has 0 aliphatic carbocycles. The van der Waals surface area contributed by atoms with E-state index < -0.39 is 0 Å². The minimum Gasteiger partial charge on any atom is -0.494 e. The van der Waals surface area contributed by atoms with Gasteiger partial charge in [-0.2, -0.15) is 0 Å². The fourth-order valence-electron chi connectivity index (χ4n) is 1.16. The van der Waals surface area contributed by atoms with E-state index in [4.69, 9.17) is 16.3 Å². The molecule has 4 heteroatoms. The molecule has 0 aromatic heterocycles. The van der Waals surface area contributed by atoms with Gasteiger partial charge in [0.2, 0.25) is 5.91 Å². The second kappa shape index (κ2) is 6.30. The van der Waals surface area contributed by atoms with E-state index >= 15 is 0 Å². The first-order chi connectivity index (χ1) is 7.26. The molecule has 0 radical (unpaired) electrons. The zero-order chi connectivity index (χ0) is 11.1. The highest BCUT2D eigenvalue weighted by Crippen LogP contribution is 2.12. The maximum atomic E-state index is 10.9. The number of ether oxygens (including phenoxy) is 1. The lowest BCUT2D eigenvalue weighted by Crippen LogP contribution is -2.23. The van der Waals surface area contributed by atoms with E-state index in [1.165, 1.54) is 0 Å². The minimum atomic E-state index is -0.168. The van der Waals surface area contributed by atoms with Crippen molar-refractivity contribution in [3.8, 4) is 5.75 Å². The lowest BCUT2D eigenvalue weighted by atomic mass is 10.2. The van der Waals surface area contributed by atoms with Crippen molar-refractivity contribution in [1.82, 2.24) is 5.32 Å². The molecule has 15 heavy (non-hydrogen) atoms. The van der Waals surface area contributed by atoms with Gasteiger partial charge in [0.1, 0.15) is 11.6 Å². The predicted molar refractivity (Wildman–Crippen MR) is 60.2 cm³/mol. The maximum Gasteiger partial charge on any atom is 0.235 e. The fraction of sp³-hybridized carbons (Fsp3) is 0.364. The summed E-state index contributed by atoms with van der Waals surface area (Å²) in [5.74, 6) is 0.638. The van der Waals surface area contributed by atoms with E-state index in [9.17, 15) is 4.79 Å². The van der Waals surface area contributed by atoms with Crippen LogP contribution in [0.2, 0.25) is 0 Å². The number of halogens is 1. The van der Waals surface area contributed by atoms with Crippen LogP contribution in [0, 0.1) is 0 Å². The lowest BCUT2D eigenvalue weighted by molar-refractivity contribution is -0.118. The number of benzene rings is 1. The molecule has 82 valence electrons. The minimum absolute atomic E-state index is 0.00878. The molecule has 0 spiro atoms. The highest BCUT2D eigenvalue weighted by Gasteiger charge is 1.99. The number of amides is 1. The van der Waals surface area contributed by atoms with E-state index in [0.29, 0.717) is 13.2 Å². The Hall–Kier alpha value is -1.22. The molecule has 0 saturated carbocycles. The molecule has 0 unspecified atom stereocenters. The second-order valence-electron chi connectivity index (χ2n) is 2.99. The van der Waals surface area contributed by atoms with Crippen LogP contribution < -0.4 is 10.1 Å². The van der Waals surface area contributed by atoms with Gasteiger partial charge in [-0.15, -0.1) is 11.6 Å². The van der Waals surface area contributed by atoms with Crippen LogP contribution in [0.25, 0.3) is 0 Å². The van der Waals surface area contributed by atoms with E-state index in [1.54, 1.807) is 0 Å². The highest BCUT2D eigenvalue weighted by atomic mass is 35.5. The largest absolute Gasteiger partial charge is 0.494 e. The smallest absolute Gasteiger partial charge is 0.235 e. The van der Waals surface area contributed by atoms with Gasteiger partial charge in [-0.1, -0.05) is 12.1 Å². The van der Waals surface area contributed by atoms with Crippen molar-refractivity contribution in [3.05, 3.63) is 29.8 Å². The van der Waals surface area contributed by atoms with Gasteiger partial charge in [0.15, 0.2) is 0 Å². The Morgan fingerprint density at radius 3 is 3.00 bits per heavy atom. The molecular weight excluding hydrogens is 214 g/mol. The average molecular weight is 228 g/mol. The van der Waals surface area contributed by atoms with Crippen LogP contribution in [0.3, 0.4) is 0 Å². The Morgan fingerprint density at radius 1 is 1.53 bits per heavy atom. The van der Waals surface area contributed by atoms with Gasteiger partial charge < -0.3 is 10.1 Å². The molecule has 1 rings (SSSR count). The van der Waals surface area contributed by atoms with Gasteiger partial charge in [0.05, 0.1) is 6.61 Å². The van der Waals surface area contributed by atoms with Gasteiger partial charge in [0, 0.05) is 6.54 Å². The number of carbonyl (C=O) groups is 1. The topological polar surface area (TPSA) is 38.3 Å². The Kier molecular flexibility index (Phi) is 4.98. The molecule has 1 amide bonds. The third kappa shape index (κ3) is 4.21. The summed E-state index contributed by atoms with van der Waals surface area (Å²) in [6.07, 6.45) is 0. The van der Waals surface area contributed by atoms with Crippen LogP contribution in [0.4, 0.5) is 0 Å². The van der Waals surface area contributed by atoms with Crippen molar-refractivity contribution in [2.75, 3.05) is 12.5 Å². The first-order valence-corrected chi connectivity index (χ1v) is 5.34. The van der Waals surface area contributed by atoms with Crippen molar-refractivity contribution in [2.45, 2.75) is 13.5 Å². The number of nitrogens with one attached hydrogen (secondary N) is 1. The van der Waals surface area contributed by atoms with E-state index in [0.717, 1.165) is 11.3 Å². The van der Waals surface area contributed by atoms with Gasteiger partial charge in [-0.05, 0) is 24.6 Å². The van der Waals surface area contributed by atoms with Crippen LogP contribution in [0.15, 0.2) is 24.3 Å². The molecule has 0 aliphatic heterocycles. The lowest BCUT2D eigenvalue weighted by Gasteiger charge is -2.06. The monoisotopic (exact) mass is 227 g/mol. The summed E-state index contributed by atoms with van der Waals surface area (Å²) in [6.45, 7) is 3.05. The molecule has 0 fully saturated rings. The summed E-state index contributed by atoms with van der Waals surface area (Å²) in [4.78, 5) is 10.9. The molecule has 0 saturated heterocycles. The van der Waals surface area contributed by atoms with Crippen LogP contribution >= 0.6 is 11.6 Å². The zero-order valence-corrected chi connectivity index (χ0v) is 9.38. The van der Waals surface area contributed by atoms with Crippen molar-refractivity contribution >= 4 is 17.5 Å². The summed E-state index contributed by atoms with van der Waals surface area (Å²) in [7, 11) is 0. The Bertz CT molecular complexity index is 328. The molecule has 3 nitrogen and oxygen atoms in total. The van der Waals surface area contributed by atoms with Gasteiger partial charge in [-0.3, -0.25) is 4.79 Å².